The highest BCUT2D eigenvalue weighted by molar-refractivity contribution is 7.80. The first-order chi connectivity index (χ1) is 22.1. The third-order valence-electron chi connectivity index (χ3n) is 6.67. The molecule has 21 nitrogen and oxygen atoms in total. The molecule has 1 saturated heterocycles. The van der Waals surface area contributed by atoms with Gasteiger partial charge in [0, 0.05) is 18.8 Å². The van der Waals surface area contributed by atoms with Gasteiger partial charge in [0.2, 0.25) is 35.4 Å². The van der Waals surface area contributed by atoms with E-state index in [1.54, 1.807) is 0 Å². The largest absolute Gasteiger partial charge is 0.481 e. The summed E-state index contributed by atoms with van der Waals surface area (Å²) in [6, 6.07) is -7.00. The van der Waals surface area contributed by atoms with E-state index < -0.39 is 104 Å². The summed E-state index contributed by atoms with van der Waals surface area (Å²) in [5.41, 5.74) is 15.8. The molecule has 14 N–H and O–H groups in total. The van der Waals surface area contributed by atoms with Crippen LogP contribution in [0.15, 0.2) is 4.99 Å². The number of aliphatic hydroxyl groups excluding tert-OH is 1. The molecule has 47 heavy (non-hydrogen) atoms. The zero-order valence-electron chi connectivity index (χ0n) is 25.3. The van der Waals surface area contributed by atoms with Gasteiger partial charge in [0.15, 0.2) is 5.96 Å². The second-order valence-corrected chi connectivity index (χ2v) is 10.6. The van der Waals surface area contributed by atoms with E-state index in [-0.39, 0.29) is 44.1 Å². The molecule has 264 valence electrons. The molecule has 1 fully saturated rings. The lowest BCUT2D eigenvalue weighted by Crippen LogP contribution is -2.59. The Labute approximate surface area is 274 Å². The van der Waals surface area contributed by atoms with Gasteiger partial charge in [0.1, 0.15) is 30.2 Å². The molecule has 0 unspecified atom stereocenters. The molecule has 0 aliphatic carbocycles. The van der Waals surface area contributed by atoms with E-state index in [0.29, 0.717) is 6.42 Å². The van der Waals surface area contributed by atoms with Gasteiger partial charge in [-0.3, -0.25) is 38.6 Å². The van der Waals surface area contributed by atoms with E-state index in [0.717, 1.165) is 4.90 Å². The Hall–Kier alpha value is -4.70. The SMILES string of the molecule is NCC(=O)N[C@@H](CCCN=C(N)N)C(=O)NCC(=O)N[C@H](CC(=O)O)C(=O)N[C@@H](CO)C(=O)N1CCC[C@H]1C(=O)N[C@@H](CS)C(=O)O. The van der Waals surface area contributed by atoms with Gasteiger partial charge in [-0.15, -0.1) is 0 Å². The molecule has 6 amide bonds. The number of guanidine groups is 1. The van der Waals surface area contributed by atoms with E-state index in [4.69, 9.17) is 17.2 Å². The highest BCUT2D eigenvalue weighted by Gasteiger charge is 2.39. The summed E-state index contributed by atoms with van der Waals surface area (Å²) in [6.45, 7) is -1.96. The fourth-order valence-corrected chi connectivity index (χ4v) is 4.61. The number of hydrogen-bond donors (Lipinski definition) is 12. The average molecular weight is 691 g/mol. The van der Waals surface area contributed by atoms with Crippen molar-refractivity contribution < 1.29 is 53.7 Å². The van der Waals surface area contributed by atoms with Crippen molar-refractivity contribution in [2.24, 2.45) is 22.2 Å². The summed E-state index contributed by atoms with van der Waals surface area (Å²) in [6.07, 6.45) is -0.109. The Kier molecular flexibility index (Phi) is 17.5. The zero-order valence-corrected chi connectivity index (χ0v) is 26.2. The van der Waals surface area contributed by atoms with Gasteiger partial charge in [0.05, 0.1) is 26.1 Å². The van der Waals surface area contributed by atoms with Gasteiger partial charge in [-0.25, -0.2) is 4.79 Å². The maximum absolute atomic E-state index is 13.2. The number of likely N-dealkylation sites (tertiary alicyclic amines) is 1. The van der Waals surface area contributed by atoms with Gasteiger partial charge in [-0.2, -0.15) is 12.6 Å². The lowest BCUT2D eigenvalue weighted by Gasteiger charge is -2.29. The molecule has 0 saturated carbocycles. The van der Waals surface area contributed by atoms with Crippen molar-refractivity contribution in [3.05, 3.63) is 0 Å². The highest BCUT2D eigenvalue weighted by atomic mass is 32.1. The molecule has 0 spiro atoms. The number of nitrogens with one attached hydrogen (secondary N) is 5. The van der Waals surface area contributed by atoms with Crippen molar-refractivity contribution in [3.8, 4) is 0 Å². The van der Waals surface area contributed by atoms with Gasteiger partial charge in [0.25, 0.3) is 0 Å². The van der Waals surface area contributed by atoms with E-state index >= 15 is 0 Å². The molecule has 1 rings (SSSR count). The lowest BCUT2D eigenvalue weighted by atomic mass is 10.1. The van der Waals surface area contributed by atoms with Crippen LogP contribution in [0.1, 0.15) is 32.1 Å². The monoisotopic (exact) mass is 690 g/mol. The predicted molar refractivity (Wildman–Crippen MR) is 165 cm³/mol. The van der Waals surface area contributed by atoms with Crippen LogP contribution >= 0.6 is 12.6 Å². The first-order valence-corrected chi connectivity index (χ1v) is 15.0. The second-order valence-electron chi connectivity index (χ2n) is 10.2. The molecular formula is C25H42N10O11S. The Morgan fingerprint density at radius 2 is 1.55 bits per heavy atom. The zero-order chi connectivity index (χ0) is 35.7. The molecule has 0 bridgehead atoms. The van der Waals surface area contributed by atoms with Crippen molar-refractivity contribution >= 4 is 66.0 Å². The number of carboxylic acid groups (broad SMARTS) is 2. The Bertz CT molecular complexity index is 1200. The average Bonchev–Trinajstić information content (AvgIpc) is 3.51. The van der Waals surface area contributed by atoms with Crippen LogP contribution in [0.3, 0.4) is 0 Å². The van der Waals surface area contributed by atoms with Crippen LogP contribution < -0.4 is 43.8 Å². The predicted octanol–water partition coefficient (Wildman–Crippen LogP) is -6.47. The standard InChI is InChI=1S/C25H42N10O11S/c26-8-17(37)31-12(3-1-5-29-25(27)28)20(41)30-9-18(38)32-13(7-19(39)40)21(42)33-14(10-36)23(44)35-6-2-4-16(35)22(43)34-15(11-47)24(45)46/h12-16,36,47H,1-11,26H2,(H,30,41)(H,31,37)(H,32,38)(H,33,42)(H,34,43)(H,39,40)(H,45,46)(H4,27,28,29)/t12-,13+,14-,15-,16-/m0/s1. The Balaban J connectivity index is 2.90. The van der Waals surface area contributed by atoms with Gasteiger partial charge >= 0.3 is 11.9 Å². The number of thiol groups is 1. The van der Waals surface area contributed by atoms with Crippen LogP contribution in [0.5, 0.6) is 0 Å². The van der Waals surface area contributed by atoms with Crippen molar-refractivity contribution in [1.29, 1.82) is 0 Å². The number of carbonyl (C=O) groups is 8. The summed E-state index contributed by atoms with van der Waals surface area (Å²) in [4.78, 5) is 103. The van der Waals surface area contributed by atoms with Crippen LogP contribution in [0.4, 0.5) is 0 Å². The van der Waals surface area contributed by atoms with Crippen molar-refractivity contribution in [2.75, 3.05) is 38.5 Å². The summed E-state index contributed by atoms with van der Waals surface area (Å²) in [7, 11) is 0. The van der Waals surface area contributed by atoms with Crippen molar-refractivity contribution in [2.45, 2.75) is 62.3 Å². The third-order valence-corrected chi connectivity index (χ3v) is 7.03. The van der Waals surface area contributed by atoms with E-state index in [1.807, 2.05) is 0 Å². The maximum Gasteiger partial charge on any atom is 0.327 e. The van der Waals surface area contributed by atoms with E-state index in [1.165, 1.54) is 0 Å². The molecule has 22 heteroatoms. The fraction of sp³-hybridized carbons (Fsp3) is 0.640. The van der Waals surface area contributed by atoms with Gasteiger partial charge < -0.3 is 64.0 Å². The van der Waals surface area contributed by atoms with Crippen molar-refractivity contribution in [3.63, 3.8) is 0 Å². The molecule has 0 radical (unpaired) electrons. The van der Waals surface area contributed by atoms with Crippen LogP contribution in [0.2, 0.25) is 0 Å². The maximum atomic E-state index is 13.2. The molecule has 0 aromatic carbocycles. The van der Waals surface area contributed by atoms with Crippen LogP contribution in [0, 0.1) is 0 Å². The Morgan fingerprint density at radius 1 is 0.894 bits per heavy atom. The van der Waals surface area contributed by atoms with E-state index in [9.17, 15) is 53.7 Å². The summed E-state index contributed by atoms with van der Waals surface area (Å²) in [5.74, 6) is -8.58. The number of hydrogen-bond acceptors (Lipinski definition) is 12. The number of carbonyl (C=O) groups excluding carboxylic acids is 6. The minimum atomic E-state index is -1.77. The number of nitrogens with two attached hydrogens (primary N) is 3. The molecule has 0 aromatic heterocycles. The van der Waals surface area contributed by atoms with Gasteiger partial charge in [-0.1, -0.05) is 0 Å². The number of aliphatic hydroxyl groups is 1. The molecule has 5 atom stereocenters. The minimum absolute atomic E-state index is 0.0396. The summed E-state index contributed by atoms with van der Waals surface area (Å²) < 4.78 is 0. The molecule has 1 aliphatic heterocycles. The second kappa shape index (κ2) is 20.4. The number of nitrogens with zero attached hydrogens (tertiary/aromatic N) is 2. The normalized spacial score (nSPS) is 16.4. The number of rotatable bonds is 20. The molecular weight excluding hydrogens is 648 g/mol. The quantitative estimate of drug-likeness (QED) is 0.0245. The first kappa shape index (κ1) is 40.3. The fourth-order valence-electron chi connectivity index (χ4n) is 4.36. The number of amides is 6. The van der Waals surface area contributed by atoms with Crippen LogP contribution in [-0.4, -0.2) is 142 Å². The topological polar surface area (TPSA) is 351 Å². The number of aliphatic imine (C=N–C) groups is 1. The third kappa shape index (κ3) is 14.1. The lowest BCUT2D eigenvalue weighted by molar-refractivity contribution is -0.145. The van der Waals surface area contributed by atoms with Crippen molar-refractivity contribution in [1.82, 2.24) is 31.5 Å². The highest BCUT2D eigenvalue weighted by Crippen LogP contribution is 2.19. The summed E-state index contributed by atoms with van der Waals surface area (Å²) in [5, 5.41) is 39.5. The van der Waals surface area contributed by atoms with Crippen LogP contribution in [-0.2, 0) is 38.4 Å². The minimum Gasteiger partial charge on any atom is -0.481 e. The van der Waals surface area contributed by atoms with Gasteiger partial charge in [-0.05, 0) is 25.7 Å². The Morgan fingerprint density at radius 3 is 2.11 bits per heavy atom. The van der Waals surface area contributed by atoms with E-state index in [2.05, 4.69) is 44.2 Å². The first-order valence-electron chi connectivity index (χ1n) is 14.3. The summed E-state index contributed by atoms with van der Waals surface area (Å²) >= 11 is 3.88. The molecule has 1 heterocycles. The molecule has 1 aliphatic rings. The smallest absolute Gasteiger partial charge is 0.327 e. The number of carboxylic acids is 2. The van der Waals surface area contributed by atoms with Crippen LogP contribution in [0.25, 0.3) is 0 Å². The number of aliphatic carboxylic acids is 2. The molecule has 0 aromatic rings.